The fourth-order valence-corrected chi connectivity index (χ4v) is 6.40. The summed E-state index contributed by atoms with van der Waals surface area (Å²) in [5.41, 5.74) is 2.22. The smallest absolute Gasteiger partial charge is 0.261 e. The monoisotopic (exact) mass is 573 g/mol. The van der Waals surface area contributed by atoms with Crippen LogP contribution in [-0.2, 0) is 24.8 Å². The minimum absolute atomic E-state index is 0.131. The zero-order valence-corrected chi connectivity index (χ0v) is 23.3. The van der Waals surface area contributed by atoms with Gasteiger partial charge in [0.2, 0.25) is 10.0 Å². The average Bonchev–Trinajstić information content (AvgIpc) is 2.93. The van der Waals surface area contributed by atoms with Crippen LogP contribution in [0.2, 0.25) is 0 Å². The van der Waals surface area contributed by atoms with E-state index in [1.165, 1.54) is 34.6 Å². The maximum Gasteiger partial charge on any atom is 0.261 e. The molecule has 1 fully saturated rings. The second-order valence-electron chi connectivity index (χ2n) is 9.04. The highest BCUT2D eigenvalue weighted by Gasteiger charge is 2.26. The summed E-state index contributed by atoms with van der Waals surface area (Å²) in [6, 6.07) is 17.4. The van der Waals surface area contributed by atoms with E-state index in [1.54, 1.807) is 43.3 Å². The molecule has 0 spiro atoms. The third-order valence-corrected chi connectivity index (χ3v) is 9.46. The van der Waals surface area contributed by atoms with Crippen molar-refractivity contribution in [1.82, 2.24) is 9.62 Å². The van der Waals surface area contributed by atoms with Gasteiger partial charge in [-0.2, -0.15) is 4.31 Å². The van der Waals surface area contributed by atoms with E-state index in [0.717, 1.165) is 5.56 Å². The summed E-state index contributed by atoms with van der Waals surface area (Å²) in [6.45, 7) is 5.35. The van der Waals surface area contributed by atoms with E-state index >= 15 is 0 Å². The highest BCUT2D eigenvalue weighted by molar-refractivity contribution is 7.92. The molecule has 1 saturated heterocycles. The molecule has 1 amide bonds. The van der Waals surface area contributed by atoms with E-state index in [4.69, 9.17) is 9.47 Å². The summed E-state index contributed by atoms with van der Waals surface area (Å²) in [5, 5.41) is 2.74. The van der Waals surface area contributed by atoms with Crippen LogP contribution in [0.3, 0.4) is 0 Å². The molecular weight excluding hydrogens is 542 g/mol. The second kappa shape index (κ2) is 12.2. The molecule has 0 aliphatic carbocycles. The van der Waals surface area contributed by atoms with Gasteiger partial charge in [0.25, 0.3) is 15.9 Å². The first-order valence-corrected chi connectivity index (χ1v) is 15.3. The molecule has 39 heavy (non-hydrogen) atoms. The van der Waals surface area contributed by atoms with Crippen LogP contribution in [-0.4, -0.2) is 66.5 Å². The quantitative estimate of drug-likeness (QED) is 0.357. The zero-order valence-electron chi connectivity index (χ0n) is 21.7. The Hall–Kier alpha value is -3.45. The van der Waals surface area contributed by atoms with E-state index in [0.29, 0.717) is 48.9 Å². The Morgan fingerprint density at radius 3 is 2.21 bits per heavy atom. The van der Waals surface area contributed by atoms with Gasteiger partial charge in [0.1, 0.15) is 12.4 Å². The number of hydrogen-bond acceptors (Lipinski definition) is 7. The van der Waals surface area contributed by atoms with Gasteiger partial charge in [-0.05, 0) is 67.9 Å². The van der Waals surface area contributed by atoms with Crippen LogP contribution in [0.4, 0.5) is 5.69 Å². The van der Waals surface area contributed by atoms with Gasteiger partial charge in [0.05, 0.1) is 35.2 Å². The number of rotatable bonds is 10. The van der Waals surface area contributed by atoms with Gasteiger partial charge in [0, 0.05) is 18.7 Å². The number of amides is 1. The molecule has 3 aromatic carbocycles. The summed E-state index contributed by atoms with van der Waals surface area (Å²) >= 11 is 0. The molecule has 3 aromatic rings. The Balaban J connectivity index is 1.30. The molecule has 208 valence electrons. The Kier molecular flexibility index (Phi) is 8.90. The Labute approximate surface area is 229 Å². The predicted molar refractivity (Wildman–Crippen MR) is 147 cm³/mol. The molecular formula is C27H31N3O7S2. The molecule has 4 rings (SSSR count). The Bertz CT molecular complexity index is 1520. The number of anilines is 1. The highest BCUT2D eigenvalue weighted by Crippen LogP contribution is 2.22. The van der Waals surface area contributed by atoms with Crippen molar-refractivity contribution in [1.29, 1.82) is 0 Å². The molecule has 1 aliphatic rings. The van der Waals surface area contributed by atoms with Gasteiger partial charge in [-0.25, -0.2) is 16.8 Å². The van der Waals surface area contributed by atoms with Gasteiger partial charge in [-0.3, -0.25) is 9.52 Å². The first-order valence-electron chi connectivity index (χ1n) is 12.4. The van der Waals surface area contributed by atoms with Crippen LogP contribution in [0.1, 0.15) is 21.5 Å². The SMILES string of the molecule is Cc1ccc(S(=O)(=O)Nc2cc(C(=O)NCCOc3ccc(S(=O)(=O)N4CCOCC4)cc3)ccc2C)cc1. The minimum Gasteiger partial charge on any atom is -0.492 e. The average molecular weight is 574 g/mol. The number of benzene rings is 3. The number of carbonyl (C=O) groups excluding carboxylic acids is 1. The molecule has 0 aromatic heterocycles. The number of hydrogen-bond donors (Lipinski definition) is 2. The fraction of sp³-hybridized carbons (Fsp3) is 0.296. The van der Waals surface area contributed by atoms with Crippen molar-refractivity contribution < 1.29 is 31.1 Å². The van der Waals surface area contributed by atoms with Crippen molar-refractivity contribution in [2.75, 3.05) is 44.2 Å². The number of carbonyl (C=O) groups is 1. The Morgan fingerprint density at radius 2 is 1.54 bits per heavy atom. The summed E-state index contributed by atoms with van der Waals surface area (Å²) in [6.07, 6.45) is 0. The lowest BCUT2D eigenvalue weighted by molar-refractivity contribution is 0.0730. The van der Waals surface area contributed by atoms with Crippen LogP contribution in [0.15, 0.2) is 76.5 Å². The first kappa shape index (κ1) is 28.6. The van der Waals surface area contributed by atoms with Crippen molar-refractivity contribution in [2.45, 2.75) is 23.6 Å². The van der Waals surface area contributed by atoms with Gasteiger partial charge in [-0.15, -0.1) is 0 Å². The number of nitrogens with zero attached hydrogens (tertiary/aromatic N) is 1. The molecule has 0 bridgehead atoms. The lowest BCUT2D eigenvalue weighted by Crippen LogP contribution is -2.40. The van der Waals surface area contributed by atoms with E-state index in [-0.39, 0.29) is 28.8 Å². The molecule has 12 heteroatoms. The van der Waals surface area contributed by atoms with E-state index < -0.39 is 20.0 Å². The Morgan fingerprint density at radius 1 is 0.897 bits per heavy atom. The summed E-state index contributed by atoms with van der Waals surface area (Å²) in [4.78, 5) is 13.0. The summed E-state index contributed by atoms with van der Waals surface area (Å²) < 4.78 is 65.8. The number of nitrogens with one attached hydrogen (secondary N) is 2. The summed E-state index contributed by atoms with van der Waals surface area (Å²) in [5.74, 6) is 0.0784. The first-order chi connectivity index (χ1) is 18.6. The standard InChI is InChI=1S/C27H31N3O7S2/c1-20-3-9-24(10-4-20)38(32,33)29-26-19-22(6-5-21(26)2)27(31)28-13-16-37-23-7-11-25(12-8-23)39(34,35)30-14-17-36-18-15-30/h3-12,19,29H,13-18H2,1-2H3,(H,28,31). The number of sulfonamides is 2. The van der Waals surface area contributed by atoms with E-state index in [9.17, 15) is 21.6 Å². The van der Waals surface area contributed by atoms with E-state index in [2.05, 4.69) is 10.0 Å². The molecule has 0 saturated carbocycles. The largest absolute Gasteiger partial charge is 0.492 e. The predicted octanol–water partition coefficient (Wildman–Crippen LogP) is 2.93. The van der Waals surface area contributed by atoms with Gasteiger partial charge in [-0.1, -0.05) is 23.8 Å². The maximum atomic E-state index is 12.8. The van der Waals surface area contributed by atoms with Crippen LogP contribution in [0, 0.1) is 13.8 Å². The van der Waals surface area contributed by atoms with Crippen molar-refractivity contribution in [3.05, 3.63) is 83.4 Å². The topological polar surface area (TPSA) is 131 Å². The molecule has 2 N–H and O–H groups in total. The van der Waals surface area contributed by atoms with Crippen LogP contribution in [0.5, 0.6) is 5.75 Å². The molecule has 0 radical (unpaired) electrons. The number of ether oxygens (including phenoxy) is 2. The highest BCUT2D eigenvalue weighted by atomic mass is 32.2. The van der Waals surface area contributed by atoms with Gasteiger partial charge in [0.15, 0.2) is 0 Å². The zero-order chi connectivity index (χ0) is 28.0. The van der Waals surface area contributed by atoms with Crippen molar-refractivity contribution in [3.8, 4) is 5.75 Å². The molecule has 0 unspecified atom stereocenters. The van der Waals surface area contributed by atoms with Gasteiger partial charge < -0.3 is 14.8 Å². The normalized spacial score (nSPS) is 14.5. The molecule has 1 aliphatic heterocycles. The van der Waals surface area contributed by atoms with Crippen molar-refractivity contribution in [2.24, 2.45) is 0 Å². The fourth-order valence-electron chi connectivity index (χ4n) is 3.87. The lowest BCUT2D eigenvalue weighted by Gasteiger charge is -2.26. The number of morpholine rings is 1. The lowest BCUT2D eigenvalue weighted by atomic mass is 10.1. The van der Waals surface area contributed by atoms with Crippen molar-refractivity contribution in [3.63, 3.8) is 0 Å². The van der Waals surface area contributed by atoms with Gasteiger partial charge >= 0.3 is 0 Å². The van der Waals surface area contributed by atoms with Crippen LogP contribution >= 0.6 is 0 Å². The third kappa shape index (κ3) is 7.15. The number of aryl methyl sites for hydroxylation is 2. The van der Waals surface area contributed by atoms with E-state index in [1.807, 2.05) is 6.92 Å². The summed E-state index contributed by atoms with van der Waals surface area (Å²) in [7, 11) is -7.40. The molecule has 10 nitrogen and oxygen atoms in total. The molecule has 0 atom stereocenters. The third-order valence-electron chi connectivity index (χ3n) is 6.16. The maximum absolute atomic E-state index is 12.8. The second-order valence-corrected chi connectivity index (χ2v) is 12.7. The van der Waals surface area contributed by atoms with Crippen molar-refractivity contribution >= 4 is 31.6 Å². The molecule has 1 heterocycles. The van der Waals surface area contributed by atoms with Crippen LogP contribution < -0.4 is 14.8 Å². The van der Waals surface area contributed by atoms with Crippen LogP contribution in [0.25, 0.3) is 0 Å². The minimum atomic E-state index is -3.81.